The van der Waals surface area contributed by atoms with E-state index in [0.717, 1.165) is 40.2 Å². The van der Waals surface area contributed by atoms with E-state index in [4.69, 9.17) is 26.4 Å². The highest BCUT2D eigenvalue weighted by Gasteiger charge is 2.30. The lowest BCUT2D eigenvalue weighted by Crippen LogP contribution is -2.32. The van der Waals surface area contributed by atoms with Crippen LogP contribution in [0, 0.1) is 13.8 Å². The zero-order valence-electron chi connectivity index (χ0n) is 18.4. The minimum atomic E-state index is -0.134. The summed E-state index contributed by atoms with van der Waals surface area (Å²) < 4.78 is 16.7. The molecule has 0 aromatic heterocycles. The number of hydrogen-bond donors (Lipinski definition) is 1. The minimum Gasteiger partial charge on any atom is -0.496 e. The van der Waals surface area contributed by atoms with Gasteiger partial charge in [0.25, 0.3) is 5.91 Å². The third kappa shape index (κ3) is 5.42. The number of thiocarbonyl (C=S) groups is 1. The van der Waals surface area contributed by atoms with E-state index in [1.54, 1.807) is 25.2 Å². The topological polar surface area (TPSA) is 60.0 Å². The van der Waals surface area contributed by atoms with E-state index in [1.807, 2.05) is 50.2 Å². The molecule has 0 spiro atoms. The van der Waals surface area contributed by atoms with Gasteiger partial charge in [-0.1, -0.05) is 24.3 Å². The summed E-state index contributed by atoms with van der Waals surface area (Å²) >= 11 is 5.32. The quantitative estimate of drug-likeness (QED) is 0.362. The Kier molecular flexibility index (Phi) is 7.65. The number of carbonyl (C=O) groups excluding carboxylic acids is 1. The molecule has 0 unspecified atom stereocenters. The van der Waals surface area contributed by atoms with Crippen molar-refractivity contribution in [1.29, 1.82) is 0 Å². The van der Waals surface area contributed by atoms with E-state index >= 15 is 0 Å². The van der Waals surface area contributed by atoms with Crippen molar-refractivity contribution in [3.63, 3.8) is 0 Å². The van der Waals surface area contributed by atoms with Crippen LogP contribution in [0.25, 0.3) is 6.08 Å². The maximum Gasteiger partial charge on any atom is 0.276 e. The smallest absolute Gasteiger partial charge is 0.276 e. The van der Waals surface area contributed by atoms with Gasteiger partial charge in [-0.2, -0.15) is 0 Å². The van der Waals surface area contributed by atoms with Crippen LogP contribution in [0.3, 0.4) is 0 Å². The largest absolute Gasteiger partial charge is 0.496 e. The second kappa shape index (κ2) is 10.4. The predicted molar refractivity (Wildman–Crippen MR) is 125 cm³/mol. The fourth-order valence-corrected chi connectivity index (χ4v) is 3.77. The van der Waals surface area contributed by atoms with Crippen molar-refractivity contribution in [1.82, 2.24) is 10.2 Å². The maximum atomic E-state index is 12.7. The van der Waals surface area contributed by atoms with Crippen molar-refractivity contribution in [2.75, 3.05) is 27.4 Å². The molecule has 0 atom stereocenters. The highest BCUT2D eigenvalue weighted by molar-refractivity contribution is 7.80. The van der Waals surface area contributed by atoms with Gasteiger partial charge in [-0.15, -0.1) is 0 Å². The first-order valence-corrected chi connectivity index (χ1v) is 10.5. The monoisotopic (exact) mass is 440 g/mol. The zero-order valence-corrected chi connectivity index (χ0v) is 19.2. The van der Waals surface area contributed by atoms with Gasteiger partial charge in [0, 0.05) is 25.8 Å². The molecule has 7 heteroatoms. The first-order chi connectivity index (χ1) is 14.9. The van der Waals surface area contributed by atoms with Gasteiger partial charge in [0.05, 0.1) is 7.11 Å². The van der Waals surface area contributed by atoms with Gasteiger partial charge in [0.2, 0.25) is 0 Å². The number of nitrogens with one attached hydrogen (secondary N) is 1. The van der Waals surface area contributed by atoms with Crippen LogP contribution in [0.1, 0.15) is 28.7 Å². The lowest BCUT2D eigenvalue weighted by atomic mass is 10.1. The van der Waals surface area contributed by atoms with Crippen LogP contribution in [-0.4, -0.2) is 43.3 Å². The van der Waals surface area contributed by atoms with Crippen molar-refractivity contribution in [3.8, 4) is 11.5 Å². The Hall–Kier alpha value is -2.90. The normalized spacial score (nSPS) is 14.8. The van der Waals surface area contributed by atoms with Crippen LogP contribution in [0.4, 0.5) is 0 Å². The summed E-state index contributed by atoms with van der Waals surface area (Å²) in [4.78, 5) is 14.3. The van der Waals surface area contributed by atoms with Crippen LogP contribution < -0.4 is 14.8 Å². The average molecular weight is 441 g/mol. The lowest BCUT2D eigenvalue weighted by Gasteiger charge is -2.14. The molecule has 1 heterocycles. The summed E-state index contributed by atoms with van der Waals surface area (Å²) in [5, 5.41) is 3.43. The third-order valence-electron chi connectivity index (χ3n) is 5.09. The number of para-hydroxylation sites is 1. The molecule has 31 heavy (non-hydrogen) atoms. The van der Waals surface area contributed by atoms with Crippen molar-refractivity contribution < 1.29 is 19.0 Å². The molecule has 164 valence electrons. The van der Waals surface area contributed by atoms with Crippen LogP contribution in [0.5, 0.6) is 11.5 Å². The molecule has 0 bridgehead atoms. The number of ether oxygens (including phenoxy) is 3. The van der Waals surface area contributed by atoms with E-state index in [0.29, 0.717) is 30.6 Å². The Morgan fingerprint density at radius 3 is 2.55 bits per heavy atom. The van der Waals surface area contributed by atoms with Gasteiger partial charge in [-0.3, -0.25) is 9.69 Å². The Morgan fingerprint density at radius 1 is 1.13 bits per heavy atom. The fraction of sp³-hybridized carbons (Fsp3) is 0.333. The van der Waals surface area contributed by atoms with E-state index in [1.165, 1.54) is 0 Å². The number of benzene rings is 2. The van der Waals surface area contributed by atoms with Crippen molar-refractivity contribution in [2.24, 2.45) is 0 Å². The van der Waals surface area contributed by atoms with Gasteiger partial charge in [0.1, 0.15) is 23.8 Å². The SMILES string of the molecule is COCCCN1C(=O)/C(=C\c2ccc(OC)c(COc3c(C)cccc3C)c2)NC1=S. The number of hydrogen-bond acceptors (Lipinski definition) is 5. The molecular formula is C24H28N2O4S. The molecule has 1 saturated heterocycles. The predicted octanol–water partition coefficient (Wildman–Crippen LogP) is 3.99. The average Bonchev–Trinajstić information content (AvgIpc) is 3.01. The molecule has 1 amide bonds. The van der Waals surface area contributed by atoms with E-state index in [9.17, 15) is 4.79 Å². The molecule has 2 aromatic rings. The van der Waals surface area contributed by atoms with Crippen molar-refractivity contribution in [2.45, 2.75) is 26.9 Å². The molecule has 1 aliphatic rings. The first-order valence-electron chi connectivity index (χ1n) is 10.1. The highest BCUT2D eigenvalue weighted by atomic mass is 32.1. The third-order valence-corrected chi connectivity index (χ3v) is 5.41. The summed E-state index contributed by atoms with van der Waals surface area (Å²) in [6.45, 7) is 5.51. The fourth-order valence-electron chi connectivity index (χ4n) is 3.49. The second-order valence-electron chi connectivity index (χ2n) is 7.37. The van der Waals surface area contributed by atoms with Gasteiger partial charge in [-0.25, -0.2) is 0 Å². The number of rotatable bonds is 9. The molecule has 0 saturated carbocycles. The second-order valence-corrected chi connectivity index (χ2v) is 7.76. The number of amides is 1. The maximum absolute atomic E-state index is 12.7. The number of nitrogens with zero attached hydrogens (tertiary/aromatic N) is 1. The molecule has 0 aliphatic carbocycles. The highest BCUT2D eigenvalue weighted by Crippen LogP contribution is 2.27. The summed E-state index contributed by atoms with van der Waals surface area (Å²) in [5.74, 6) is 1.47. The summed E-state index contributed by atoms with van der Waals surface area (Å²) in [6, 6.07) is 11.8. The Bertz CT molecular complexity index is 983. The van der Waals surface area contributed by atoms with Crippen molar-refractivity contribution >= 4 is 29.3 Å². The van der Waals surface area contributed by atoms with Crippen LogP contribution in [0.15, 0.2) is 42.1 Å². The summed E-state index contributed by atoms with van der Waals surface area (Å²) in [7, 11) is 3.27. The van der Waals surface area contributed by atoms with Crippen LogP contribution in [-0.2, 0) is 16.1 Å². The molecule has 1 N–H and O–H groups in total. The van der Waals surface area contributed by atoms with E-state index in [2.05, 4.69) is 5.32 Å². The number of methoxy groups -OCH3 is 2. The molecule has 1 aliphatic heterocycles. The van der Waals surface area contributed by atoms with Gasteiger partial charge in [-0.05, 0) is 67.4 Å². The number of carbonyl (C=O) groups is 1. The minimum absolute atomic E-state index is 0.134. The van der Waals surface area contributed by atoms with Crippen LogP contribution in [0.2, 0.25) is 0 Å². The molecule has 1 fully saturated rings. The Morgan fingerprint density at radius 2 is 1.87 bits per heavy atom. The van der Waals surface area contributed by atoms with Crippen molar-refractivity contribution in [3.05, 3.63) is 64.3 Å². The molecule has 2 aromatic carbocycles. The van der Waals surface area contributed by atoms with Gasteiger partial charge in [0.15, 0.2) is 5.11 Å². The Balaban J connectivity index is 1.79. The van der Waals surface area contributed by atoms with E-state index in [-0.39, 0.29) is 5.91 Å². The van der Waals surface area contributed by atoms with Gasteiger partial charge >= 0.3 is 0 Å². The molecule has 3 rings (SSSR count). The Labute approximate surface area is 188 Å². The van der Waals surface area contributed by atoms with Gasteiger partial charge < -0.3 is 19.5 Å². The summed E-state index contributed by atoms with van der Waals surface area (Å²) in [6.07, 6.45) is 2.52. The zero-order chi connectivity index (χ0) is 22.4. The lowest BCUT2D eigenvalue weighted by molar-refractivity contribution is -0.122. The summed E-state index contributed by atoms with van der Waals surface area (Å²) in [5.41, 5.74) is 4.37. The number of aryl methyl sites for hydroxylation is 2. The molecular weight excluding hydrogens is 412 g/mol. The van der Waals surface area contributed by atoms with E-state index < -0.39 is 0 Å². The van der Waals surface area contributed by atoms with Crippen LogP contribution >= 0.6 is 12.2 Å². The molecule has 0 radical (unpaired) electrons. The first kappa shape index (κ1) is 22.8. The molecule has 6 nitrogen and oxygen atoms in total. The standard InChI is InChI=1S/C24H28N2O4S/c1-16-7-5-8-17(2)22(16)30-15-19-13-18(9-10-21(19)29-4)14-20-23(27)26(24(31)25-20)11-6-12-28-3/h5,7-10,13-14H,6,11-12,15H2,1-4H3,(H,25,31)/b20-14+.